The van der Waals surface area contributed by atoms with Gasteiger partial charge in [0.1, 0.15) is 0 Å². The Bertz CT molecular complexity index is 1280. The number of rotatable bonds is 7. The molecule has 0 aliphatic carbocycles. The van der Waals surface area contributed by atoms with E-state index in [0.29, 0.717) is 50.4 Å². The third-order valence-electron chi connectivity index (χ3n) is 6.79. The van der Waals surface area contributed by atoms with Gasteiger partial charge in [-0.05, 0) is 56.5 Å². The maximum atomic E-state index is 13.8. The SMILES string of the molecule is CCOCCCNC(=O)c1cccc(N2C(=O)N3CCc4c([nH]c5ccccc45)[C@@]3(C)C2=O)c1. The lowest BCUT2D eigenvalue weighted by molar-refractivity contribution is -0.125. The molecule has 2 aliphatic rings. The molecular weight excluding hydrogens is 432 g/mol. The minimum Gasteiger partial charge on any atom is -0.382 e. The Kier molecular flexibility index (Phi) is 5.61. The van der Waals surface area contributed by atoms with Gasteiger partial charge in [-0.3, -0.25) is 9.59 Å². The van der Waals surface area contributed by atoms with Crippen LogP contribution in [0.25, 0.3) is 10.9 Å². The van der Waals surface area contributed by atoms with Crippen molar-refractivity contribution in [3.8, 4) is 0 Å². The number of hydrogen-bond acceptors (Lipinski definition) is 4. The highest BCUT2D eigenvalue weighted by atomic mass is 16.5. The van der Waals surface area contributed by atoms with Crippen LogP contribution < -0.4 is 10.2 Å². The number of hydrogen-bond donors (Lipinski definition) is 2. The zero-order valence-electron chi connectivity index (χ0n) is 19.4. The molecule has 3 heterocycles. The molecule has 0 unspecified atom stereocenters. The van der Waals surface area contributed by atoms with E-state index in [4.69, 9.17) is 4.74 Å². The number of nitrogens with zero attached hydrogens (tertiary/aromatic N) is 2. The Hall–Kier alpha value is -3.65. The second-order valence-corrected chi connectivity index (χ2v) is 8.78. The molecule has 2 aromatic carbocycles. The van der Waals surface area contributed by atoms with Crippen LogP contribution in [0.15, 0.2) is 48.5 Å². The lowest BCUT2D eigenvalue weighted by Gasteiger charge is -2.35. The number of carbonyl (C=O) groups is 3. The zero-order chi connectivity index (χ0) is 23.9. The van der Waals surface area contributed by atoms with Crippen LogP contribution in [0.4, 0.5) is 10.5 Å². The first-order valence-corrected chi connectivity index (χ1v) is 11.7. The minimum absolute atomic E-state index is 0.251. The Labute approximate surface area is 197 Å². The maximum Gasteiger partial charge on any atom is 0.332 e. The lowest BCUT2D eigenvalue weighted by Crippen LogP contribution is -2.49. The van der Waals surface area contributed by atoms with Crippen LogP contribution in [0.5, 0.6) is 0 Å². The highest BCUT2D eigenvalue weighted by molar-refractivity contribution is 6.24. The second-order valence-electron chi connectivity index (χ2n) is 8.78. The highest BCUT2D eigenvalue weighted by Gasteiger charge is 2.59. The average molecular weight is 461 g/mol. The van der Waals surface area contributed by atoms with Gasteiger partial charge in [0.25, 0.3) is 11.8 Å². The van der Waals surface area contributed by atoms with E-state index in [9.17, 15) is 14.4 Å². The largest absolute Gasteiger partial charge is 0.382 e. The van der Waals surface area contributed by atoms with Gasteiger partial charge in [-0.2, -0.15) is 0 Å². The molecule has 1 saturated heterocycles. The molecule has 8 heteroatoms. The number of aromatic nitrogens is 1. The molecule has 8 nitrogen and oxygen atoms in total. The molecular formula is C26H28N4O4. The van der Waals surface area contributed by atoms with E-state index in [1.807, 2.05) is 31.2 Å². The molecule has 4 amide bonds. The highest BCUT2D eigenvalue weighted by Crippen LogP contribution is 2.45. The minimum atomic E-state index is -1.12. The summed E-state index contributed by atoms with van der Waals surface area (Å²) in [5.74, 6) is -0.571. The number of anilines is 1. The van der Waals surface area contributed by atoms with E-state index in [2.05, 4.69) is 10.3 Å². The number of urea groups is 1. The van der Waals surface area contributed by atoms with Crippen molar-refractivity contribution >= 4 is 34.4 Å². The number of imide groups is 1. The van der Waals surface area contributed by atoms with Gasteiger partial charge in [0.15, 0.2) is 5.54 Å². The van der Waals surface area contributed by atoms with E-state index < -0.39 is 5.54 Å². The summed E-state index contributed by atoms with van der Waals surface area (Å²) >= 11 is 0. The van der Waals surface area contributed by atoms with Crippen LogP contribution >= 0.6 is 0 Å². The Morgan fingerprint density at radius 1 is 1.18 bits per heavy atom. The van der Waals surface area contributed by atoms with Gasteiger partial charge in [0.05, 0.1) is 11.4 Å². The Morgan fingerprint density at radius 2 is 2.00 bits per heavy atom. The summed E-state index contributed by atoms with van der Waals surface area (Å²) in [5, 5.41) is 3.94. The predicted molar refractivity (Wildman–Crippen MR) is 129 cm³/mol. The van der Waals surface area contributed by atoms with E-state index >= 15 is 0 Å². The van der Waals surface area contributed by atoms with Crippen molar-refractivity contribution in [2.75, 3.05) is 31.2 Å². The van der Waals surface area contributed by atoms with Crippen molar-refractivity contribution in [2.24, 2.45) is 0 Å². The summed E-state index contributed by atoms with van der Waals surface area (Å²) in [7, 11) is 0. The molecule has 5 rings (SSSR count). The fourth-order valence-electron chi connectivity index (χ4n) is 5.03. The van der Waals surface area contributed by atoms with Crippen LogP contribution in [0.3, 0.4) is 0 Å². The van der Waals surface area contributed by atoms with Crippen LogP contribution in [0, 0.1) is 0 Å². The molecule has 176 valence electrons. The molecule has 2 aliphatic heterocycles. The Balaban J connectivity index is 1.43. The van der Waals surface area contributed by atoms with Gasteiger partial charge in [0, 0.05) is 42.8 Å². The molecule has 34 heavy (non-hydrogen) atoms. The van der Waals surface area contributed by atoms with Crippen LogP contribution in [0.2, 0.25) is 0 Å². The number of amides is 4. The van der Waals surface area contributed by atoms with Crippen molar-refractivity contribution in [1.82, 2.24) is 15.2 Å². The molecule has 2 N–H and O–H groups in total. The van der Waals surface area contributed by atoms with E-state index in [1.54, 1.807) is 36.1 Å². The fourth-order valence-corrected chi connectivity index (χ4v) is 5.03. The van der Waals surface area contributed by atoms with Crippen molar-refractivity contribution in [1.29, 1.82) is 0 Å². The second kappa shape index (κ2) is 8.61. The smallest absolute Gasteiger partial charge is 0.332 e. The van der Waals surface area contributed by atoms with Crippen LogP contribution in [-0.4, -0.2) is 54.0 Å². The molecule has 1 atom stereocenters. The number of carbonyl (C=O) groups excluding carboxylic acids is 3. The summed E-state index contributed by atoms with van der Waals surface area (Å²) in [5.41, 5.74) is 2.47. The standard InChI is InChI=1S/C26H28N4O4/c1-3-34-15-7-13-27-23(31)17-8-6-9-18(16-17)30-24(32)26(2)22-20(12-14-29(26)25(30)33)19-10-4-5-11-21(19)28-22/h4-6,8-11,16,28H,3,7,12-15H2,1-2H3,(H,27,31)/t26-/m0/s1. The molecule has 0 saturated carbocycles. The molecule has 1 fully saturated rings. The summed E-state index contributed by atoms with van der Waals surface area (Å²) in [6.45, 7) is 5.89. The monoisotopic (exact) mass is 460 g/mol. The van der Waals surface area contributed by atoms with Crippen molar-refractivity contribution < 1.29 is 19.1 Å². The molecule has 0 radical (unpaired) electrons. The van der Waals surface area contributed by atoms with E-state index in [1.165, 1.54) is 4.90 Å². The normalized spacial score (nSPS) is 19.5. The van der Waals surface area contributed by atoms with Gasteiger partial charge < -0.3 is 19.9 Å². The molecule has 1 aromatic heterocycles. The van der Waals surface area contributed by atoms with Gasteiger partial charge in [-0.25, -0.2) is 9.69 Å². The zero-order valence-corrected chi connectivity index (χ0v) is 19.4. The first-order chi connectivity index (χ1) is 16.5. The molecule has 0 spiro atoms. The van der Waals surface area contributed by atoms with Crippen molar-refractivity contribution in [2.45, 2.75) is 32.2 Å². The summed E-state index contributed by atoms with van der Waals surface area (Å²) in [6.07, 6.45) is 1.38. The number of ether oxygens (including phenoxy) is 1. The fraction of sp³-hybridized carbons (Fsp3) is 0.346. The first kappa shape index (κ1) is 22.2. The summed E-state index contributed by atoms with van der Waals surface area (Å²) in [4.78, 5) is 46.1. The number of H-pyrrole nitrogens is 1. The van der Waals surface area contributed by atoms with Crippen molar-refractivity contribution in [3.05, 3.63) is 65.4 Å². The average Bonchev–Trinajstić information content (AvgIpc) is 3.32. The molecule has 0 bridgehead atoms. The number of benzene rings is 2. The van der Waals surface area contributed by atoms with Gasteiger partial charge in [0.2, 0.25) is 0 Å². The summed E-state index contributed by atoms with van der Waals surface area (Å²) in [6, 6.07) is 14.2. The van der Waals surface area contributed by atoms with Gasteiger partial charge >= 0.3 is 6.03 Å². The van der Waals surface area contributed by atoms with E-state index in [0.717, 1.165) is 22.2 Å². The first-order valence-electron chi connectivity index (χ1n) is 11.7. The van der Waals surface area contributed by atoms with Gasteiger partial charge in [-0.15, -0.1) is 0 Å². The van der Waals surface area contributed by atoms with E-state index in [-0.39, 0.29) is 17.8 Å². The Morgan fingerprint density at radius 3 is 2.82 bits per heavy atom. The van der Waals surface area contributed by atoms with Crippen molar-refractivity contribution in [3.63, 3.8) is 0 Å². The third-order valence-corrected chi connectivity index (χ3v) is 6.79. The third kappa shape index (κ3) is 3.37. The van der Waals surface area contributed by atoms with Crippen LogP contribution in [0.1, 0.15) is 41.9 Å². The number of para-hydroxylation sites is 1. The number of aromatic amines is 1. The number of nitrogens with one attached hydrogen (secondary N) is 2. The topological polar surface area (TPSA) is 94.7 Å². The summed E-state index contributed by atoms with van der Waals surface area (Å²) < 4.78 is 5.29. The molecule has 3 aromatic rings. The van der Waals surface area contributed by atoms with Crippen LogP contribution in [-0.2, 0) is 21.5 Å². The van der Waals surface area contributed by atoms with Gasteiger partial charge in [-0.1, -0.05) is 24.3 Å². The maximum absolute atomic E-state index is 13.8. The lowest BCUT2D eigenvalue weighted by atomic mass is 9.87. The quantitative estimate of drug-likeness (QED) is 0.416. The predicted octanol–water partition coefficient (Wildman–Crippen LogP) is 3.56. The number of fused-ring (bicyclic) bond motifs is 5.